The van der Waals surface area contributed by atoms with Crippen LogP contribution in [0.15, 0.2) is 48.5 Å². The smallest absolute Gasteiger partial charge is 0.319 e. The van der Waals surface area contributed by atoms with Crippen LogP contribution in [0.3, 0.4) is 0 Å². The number of hydrogen-bond acceptors (Lipinski definition) is 5. The van der Waals surface area contributed by atoms with Crippen molar-refractivity contribution in [2.75, 3.05) is 25.3 Å². The van der Waals surface area contributed by atoms with E-state index in [1.165, 1.54) is 5.56 Å². The molecule has 3 heterocycles. The molecule has 2 aromatic carbocycles. The monoisotopic (exact) mass is 396 g/mol. The molecule has 0 unspecified atom stereocenters. The number of rotatable bonds is 5. The number of benzene rings is 2. The minimum atomic E-state index is -0.283. The van der Waals surface area contributed by atoms with Gasteiger partial charge in [0.05, 0.1) is 25.4 Å². The van der Waals surface area contributed by atoms with Gasteiger partial charge in [0.1, 0.15) is 6.10 Å². The van der Waals surface area contributed by atoms with Gasteiger partial charge >= 0.3 is 6.03 Å². The van der Waals surface area contributed by atoms with Crippen LogP contribution in [-0.4, -0.2) is 44.3 Å². The molecule has 29 heavy (non-hydrogen) atoms. The summed E-state index contributed by atoms with van der Waals surface area (Å²) in [6.07, 6.45) is 1.96. The Morgan fingerprint density at radius 2 is 1.79 bits per heavy atom. The molecule has 0 aromatic heterocycles. The summed E-state index contributed by atoms with van der Waals surface area (Å²) in [6, 6.07) is 15.3. The Morgan fingerprint density at radius 1 is 0.966 bits per heavy atom. The van der Waals surface area contributed by atoms with Crippen molar-refractivity contribution in [3.05, 3.63) is 54.1 Å². The van der Waals surface area contributed by atoms with Crippen LogP contribution in [0, 0.1) is 5.92 Å². The Hall–Kier alpha value is -2.77. The zero-order chi connectivity index (χ0) is 19.6. The van der Waals surface area contributed by atoms with Gasteiger partial charge in [0, 0.05) is 17.7 Å². The van der Waals surface area contributed by atoms with Gasteiger partial charge in [-0.2, -0.15) is 0 Å². The highest BCUT2D eigenvalue weighted by Crippen LogP contribution is 2.35. The summed E-state index contributed by atoms with van der Waals surface area (Å²) < 4.78 is 22.6. The lowest BCUT2D eigenvalue weighted by atomic mass is 9.93. The van der Waals surface area contributed by atoms with E-state index in [1.54, 1.807) is 18.2 Å². The SMILES string of the molecule is O=C(Nc1ccc2c(c1)OCO2)N[C@H]1CO[C@@H]2[C@@H](CCc3ccccc3)CO[C@@H]21. The van der Waals surface area contributed by atoms with Gasteiger partial charge in [0.25, 0.3) is 0 Å². The normalized spacial score (nSPS) is 26.9. The molecule has 2 saturated heterocycles. The van der Waals surface area contributed by atoms with Crippen molar-refractivity contribution < 1.29 is 23.7 Å². The molecule has 0 saturated carbocycles. The van der Waals surface area contributed by atoms with Crippen LogP contribution >= 0.6 is 0 Å². The fourth-order valence-electron chi connectivity index (χ4n) is 4.26. The summed E-state index contributed by atoms with van der Waals surface area (Å²) in [5.41, 5.74) is 1.97. The predicted octanol–water partition coefficient (Wildman–Crippen LogP) is 2.95. The fraction of sp³-hybridized carbons (Fsp3) is 0.409. The van der Waals surface area contributed by atoms with Crippen LogP contribution in [0.5, 0.6) is 11.5 Å². The quantitative estimate of drug-likeness (QED) is 0.813. The van der Waals surface area contributed by atoms with Crippen molar-refractivity contribution in [3.8, 4) is 11.5 Å². The van der Waals surface area contributed by atoms with Crippen LogP contribution in [0.4, 0.5) is 10.5 Å². The number of hydrogen-bond donors (Lipinski definition) is 2. The first-order valence-electron chi connectivity index (χ1n) is 10.0. The maximum Gasteiger partial charge on any atom is 0.319 e. The summed E-state index contributed by atoms with van der Waals surface area (Å²) in [7, 11) is 0. The number of fused-ring (bicyclic) bond motifs is 2. The second kappa shape index (κ2) is 7.93. The molecule has 4 atom stereocenters. The molecule has 152 valence electrons. The lowest BCUT2D eigenvalue weighted by Gasteiger charge is -2.18. The standard InChI is InChI=1S/C22H24N2O5/c25-22(23-16-8-9-18-19(10-16)29-13-28-18)24-17-12-27-20-15(11-26-21(17)20)7-6-14-4-2-1-3-5-14/h1-5,8-10,15,17,20-21H,6-7,11-13H2,(H2,23,24,25)/t15-,17-,20+,21+/m0/s1. The summed E-state index contributed by atoms with van der Waals surface area (Å²) >= 11 is 0. The molecule has 3 aliphatic heterocycles. The number of amides is 2. The van der Waals surface area contributed by atoms with E-state index in [4.69, 9.17) is 18.9 Å². The maximum absolute atomic E-state index is 12.4. The minimum absolute atomic E-state index is 0.0366. The van der Waals surface area contributed by atoms with Gasteiger partial charge in [-0.3, -0.25) is 0 Å². The van der Waals surface area contributed by atoms with Crippen LogP contribution in [0.2, 0.25) is 0 Å². The Labute approximate surface area is 169 Å². The lowest BCUT2D eigenvalue weighted by molar-refractivity contribution is 0.0615. The lowest BCUT2D eigenvalue weighted by Crippen LogP contribution is -2.45. The highest BCUT2D eigenvalue weighted by atomic mass is 16.7. The second-order valence-corrected chi connectivity index (χ2v) is 7.65. The number of anilines is 1. The molecule has 3 aliphatic rings. The molecular formula is C22H24N2O5. The average Bonchev–Trinajstić information content (AvgIpc) is 3.45. The summed E-state index contributed by atoms with van der Waals surface area (Å²) in [5.74, 6) is 1.67. The molecule has 2 amide bonds. The topological polar surface area (TPSA) is 78.1 Å². The van der Waals surface area contributed by atoms with Crippen LogP contribution < -0.4 is 20.1 Å². The summed E-state index contributed by atoms with van der Waals surface area (Å²) in [5, 5.41) is 5.83. The molecular weight excluding hydrogens is 372 g/mol. The van der Waals surface area contributed by atoms with Crippen molar-refractivity contribution >= 4 is 11.7 Å². The molecule has 2 N–H and O–H groups in total. The highest BCUT2D eigenvalue weighted by Gasteiger charge is 2.47. The average molecular weight is 396 g/mol. The molecule has 0 bridgehead atoms. The van der Waals surface area contributed by atoms with E-state index in [-0.39, 0.29) is 31.1 Å². The zero-order valence-electron chi connectivity index (χ0n) is 16.0. The Bertz CT molecular complexity index is 875. The predicted molar refractivity (Wildman–Crippen MR) is 106 cm³/mol. The first kappa shape index (κ1) is 18.3. The van der Waals surface area contributed by atoms with E-state index >= 15 is 0 Å². The Balaban J connectivity index is 1.14. The molecule has 2 aromatic rings. The van der Waals surface area contributed by atoms with E-state index in [0.29, 0.717) is 36.3 Å². The molecule has 2 fully saturated rings. The minimum Gasteiger partial charge on any atom is -0.454 e. The van der Waals surface area contributed by atoms with Gasteiger partial charge < -0.3 is 29.6 Å². The number of carbonyl (C=O) groups excluding carboxylic acids is 1. The van der Waals surface area contributed by atoms with Crippen molar-refractivity contribution in [2.45, 2.75) is 31.1 Å². The van der Waals surface area contributed by atoms with Gasteiger partial charge in [0.2, 0.25) is 6.79 Å². The third-order valence-corrected chi connectivity index (χ3v) is 5.75. The van der Waals surface area contributed by atoms with Crippen LogP contribution in [0.1, 0.15) is 12.0 Å². The molecule has 0 spiro atoms. The largest absolute Gasteiger partial charge is 0.454 e. The summed E-state index contributed by atoms with van der Waals surface area (Å²) in [4.78, 5) is 12.4. The van der Waals surface area contributed by atoms with Gasteiger partial charge in [-0.15, -0.1) is 0 Å². The van der Waals surface area contributed by atoms with Gasteiger partial charge in [-0.1, -0.05) is 30.3 Å². The number of urea groups is 1. The van der Waals surface area contributed by atoms with Gasteiger partial charge in [-0.25, -0.2) is 4.79 Å². The fourth-order valence-corrected chi connectivity index (χ4v) is 4.26. The summed E-state index contributed by atoms with van der Waals surface area (Å²) in [6.45, 7) is 1.34. The first-order valence-corrected chi connectivity index (χ1v) is 10.0. The van der Waals surface area contributed by atoms with E-state index in [2.05, 4.69) is 34.9 Å². The second-order valence-electron chi connectivity index (χ2n) is 7.65. The Kier molecular flexibility index (Phi) is 4.99. The number of ether oxygens (including phenoxy) is 4. The van der Waals surface area contributed by atoms with E-state index in [1.807, 2.05) is 6.07 Å². The van der Waals surface area contributed by atoms with E-state index < -0.39 is 0 Å². The van der Waals surface area contributed by atoms with E-state index in [0.717, 1.165) is 12.8 Å². The van der Waals surface area contributed by atoms with Crippen LogP contribution in [-0.2, 0) is 15.9 Å². The molecule has 7 nitrogen and oxygen atoms in total. The number of nitrogens with one attached hydrogen (secondary N) is 2. The highest BCUT2D eigenvalue weighted by molar-refractivity contribution is 5.90. The van der Waals surface area contributed by atoms with Crippen molar-refractivity contribution in [3.63, 3.8) is 0 Å². The third-order valence-electron chi connectivity index (χ3n) is 5.75. The van der Waals surface area contributed by atoms with E-state index in [9.17, 15) is 4.79 Å². The van der Waals surface area contributed by atoms with Crippen LogP contribution in [0.25, 0.3) is 0 Å². The molecule has 0 radical (unpaired) electrons. The zero-order valence-corrected chi connectivity index (χ0v) is 16.0. The molecule has 0 aliphatic carbocycles. The van der Waals surface area contributed by atoms with Crippen molar-refractivity contribution in [1.82, 2.24) is 5.32 Å². The Morgan fingerprint density at radius 3 is 2.69 bits per heavy atom. The van der Waals surface area contributed by atoms with Gasteiger partial charge in [0.15, 0.2) is 11.5 Å². The third kappa shape index (κ3) is 3.88. The maximum atomic E-state index is 12.4. The first-order chi connectivity index (χ1) is 14.3. The van der Waals surface area contributed by atoms with Crippen molar-refractivity contribution in [1.29, 1.82) is 0 Å². The molecule has 5 rings (SSSR count). The number of carbonyl (C=O) groups is 1. The van der Waals surface area contributed by atoms with Crippen molar-refractivity contribution in [2.24, 2.45) is 5.92 Å². The molecule has 7 heteroatoms. The number of aryl methyl sites for hydroxylation is 1. The van der Waals surface area contributed by atoms with Gasteiger partial charge in [-0.05, 0) is 30.5 Å².